The number of halogens is 4. The normalized spacial score (nSPS) is 23.0. The van der Waals surface area contributed by atoms with Crippen LogP contribution in [0.4, 0.5) is 14.9 Å². The largest absolute Gasteiger partial charge is 0.322 e. The third kappa shape index (κ3) is 3.72. The number of anilines is 1. The van der Waals surface area contributed by atoms with Crippen LogP contribution < -0.4 is 10.6 Å². The minimum absolute atomic E-state index is 0. The van der Waals surface area contributed by atoms with Crippen LogP contribution in [0.5, 0.6) is 0 Å². The van der Waals surface area contributed by atoms with Crippen molar-refractivity contribution >= 4 is 48.1 Å². The Morgan fingerprint density at radius 3 is 2.86 bits per heavy atom. The number of hydrogen-bond acceptors (Lipinski definition) is 2. The number of nitrogens with zero attached hydrogens (tertiary/aromatic N) is 1. The Kier molecular flexibility index (Phi) is 6.53. The second-order valence-electron chi connectivity index (χ2n) is 5.02. The molecule has 2 aliphatic rings. The Labute approximate surface area is 140 Å². The number of nitrogens with one attached hydrogen (secondary N) is 2. The lowest BCUT2D eigenvalue weighted by Crippen LogP contribution is -2.41. The summed E-state index contributed by atoms with van der Waals surface area (Å²) < 4.78 is 13.6. The standard InChI is InChI=1S/C13H15ClFN3O.2ClH/c14-9-1-2-11(10(15)5-9)17-13(19)18-4-3-8-6-16-7-12(8)18;;/h1-2,5,8,12,16H,3-4,6-7H2,(H,17,19);2*1H/t8-,12+;;/m0../s1. The van der Waals surface area contributed by atoms with Crippen LogP contribution >= 0.6 is 36.4 Å². The number of rotatable bonds is 1. The summed E-state index contributed by atoms with van der Waals surface area (Å²) in [7, 11) is 0. The molecule has 2 N–H and O–H groups in total. The number of benzene rings is 1. The molecule has 2 aliphatic heterocycles. The molecule has 2 heterocycles. The Morgan fingerprint density at radius 1 is 1.38 bits per heavy atom. The third-order valence-electron chi connectivity index (χ3n) is 3.88. The highest BCUT2D eigenvalue weighted by molar-refractivity contribution is 6.30. The molecule has 2 saturated heterocycles. The molecule has 0 saturated carbocycles. The predicted molar refractivity (Wildman–Crippen MR) is 86.4 cm³/mol. The highest BCUT2D eigenvalue weighted by atomic mass is 35.5. The van der Waals surface area contributed by atoms with E-state index in [-0.39, 0.29) is 42.6 Å². The van der Waals surface area contributed by atoms with Crippen LogP contribution in [0.2, 0.25) is 5.02 Å². The van der Waals surface area contributed by atoms with Crippen molar-refractivity contribution in [3.63, 3.8) is 0 Å². The molecule has 21 heavy (non-hydrogen) atoms. The fourth-order valence-electron chi connectivity index (χ4n) is 2.88. The molecular formula is C13H17Cl3FN3O. The van der Waals surface area contributed by atoms with Gasteiger partial charge in [-0.2, -0.15) is 0 Å². The number of amides is 2. The zero-order valence-corrected chi connectivity index (χ0v) is 13.5. The molecule has 0 aromatic heterocycles. The van der Waals surface area contributed by atoms with Crippen LogP contribution in [0.15, 0.2) is 18.2 Å². The van der Waals surface area contributed by atoms with Gasteiger partial charge in [0, 0.05) is 30.7 Å². The van der Waals surface area contributed by atoms with Crippen LogP contribution in [0, 0.1) is 11.7 Å². The number of urea groups is 1. The van der Waals surface area contributed by atoms with Crippen molar-refractivity contribution in [1.82, 2.24) is 10.2 Å². The first-order valence-electron chi connectivity index (χ1n) is 6.38. The summed E-state index contributed by atoms with van der Waals surface area (Å²) in [5.41, 5.74) is 0.170. The van der Waals surface area contributed by atoms with Gasteiger partial charge in [-0.25, -0.2) is 9.18 Å². The minimum Gasteiger partial charge on any atom is -0.320 e. The summed E-state index contributed by atoms with van der Waals surface area (Å²) in [6.07, 6.45) is 1.01. The van der Waals surface area contributed by atoms with Gasteiger partial charge < -0.3 is 15.5 Å². The Bertz CT molecular complexity index is 517. The number of carbonyl (C=O) groups is 1. The average molecular weight is 357 g/mol. The van der Waals surface area contributed by atoms with E-state index >= 15 is 0 Å². The first kappa shape index (κ1) is 18.3. The maximum atomic E-state index is 13.6. The summed E-state index contributed by atoms with van der Waals surface area (Å²) in [6.45, 7) is 2.52. The van der Waals surface area contributed by atoms with E-state index in [2.05, 4.69) is 10.6 Å². The van der Waals surface area contributed by atoms with Gasteiger partial charge in [-0.05, 0) is 30.5 Å². The molecule has 3 rings (SSSR count). The van der Waals surface area contributed by atoms with Gasteiger partial charge in [0.1, 0.15) is 5.82 Å². The van der Waals surface area contributed by atoms with E-state index in [1.54, 1.807) is 11.0 Å². The number of fused-ring (bicyclic) bond motifs is 1. The van der Waals surface area contributed by atoms with Crippen molar-refractivity contribution in [1.29, 1.82) is 0 Å². The Hall–Kier alpha value is -0.750. The summed E-state index contributed by atoms with van der Waals surface area (Å²) in [6, 6.07) is 4.23. The van der Waals surface area contributed by atoms with E-state index in [1.807, 2.05) is 0 Å². The molecule has 2 amide bonds. The zero-order valence-electron chi connectivity index (χ0n) is 11.1. The third-order valence-corrected chi connectivity index (χ3v) is 4.11. The quantitative estimate of drug-likeness (QED) is 0.812. The van der Waals surface area contributed by atoms with Gasteiger partial charge in [0.15, 0.2) is 0 Å². The average Bonchev–Trinajstić information content (AvgIpc) is 2.94. The second-order valence-corrected chi connectivity index (χ2v) is 5.46. The predicted octanol–water partition coefficient (Wildman–Crippen LogP) is 3.15. The molecule has 2 fully saturated rings. The SMILES string of the molecule is Cl.Cl.O=C(Nc1ccc(Cl)cc1F)N1CC[C@H]2CNC[C@H]21. The van der Waals surface area contributed by atoms with Gasteiger partial charge in [0.05, 0.1) is 5.69 Å². The highest BCUT2D eigenvalue weighted by Gasteiger charge is 2.39. The minimum atomic E-state index is -0.513. The van der Waals surface area contributed by atoms with Crippen molar-refractivity contribution < 1.29 is 9.18 Å². The molecule has 0 bridgehead atoms. The molecule has 118 valence electrons. The fourth-order valence-corrected chi connectivity index (χ4v) is 3.04. The monoisotopic (exact) mass is 355 g/mol. The number of likely N-dealkylation sites (tertiary alicyclic amines) is 1. The summed E-state index contributed by atoms with van der Waals surface area (Å²) in [4.78, 5) is 14.0. The summed E-state index contributed by atoms with van der Waals surface area (Å²) in [5.74, 6) is 0.0157. The molecule has 8 heteroatoms. The smallest absolute Gasteiger partial charge is 0.320 e. The van der Waals surface area contributed by atoms with Crippen molar-refractivity contribution in [3.05, 3.63) is 29.0 Å². The molecular weight excluding hydrogens is 340 g/mol. The number of carbonyl (C=O) groups excluding carboxylic acids is 1. The van der Waals surface area contributed by atoms with Crippen molar-refractivity contribution in [3.8, 4) is 0 Å². The van der Waals surface area contributed by atoms with Gasteiger partial charge in [-0.1, -0.05) is 11.6 Å². The first-order valence-corrected chi connectivity index (χ1v) is 6.76. The van der Waals surface area contributed by atoms with Crippen molar-refractivity contribution in [2.45, 2.75) is 12.5 Å². The van der Waals surface area contributed by atoms with E-state index in [0.29, 0.717) is 10.9 Å². The lowest BCUT2D eigenvalue weighted by molar-refractivity contribution is 0.206. The lowest BCUT2D eigenvalue weighted by Gasteiger charge is -2.23. The summed E-state index contributed by atoms with van der Waals surface area (Å²) >= 11 is 5.68. The van der Waals surface area contributed by atoms with E-state index in [9.17, 15) is 9.18 Å². The molecule has 2 atom stereocenters. The summed E-state index contributed by atoms with van der Waals surface area (Å²) in [5, 5.41) is 6.21. The van der Waals surface area contributed by atoms with Crippen LogP contribution in [-0.4, -0.2) is 36.6 Å². The maximum absolute atomic E-state index is 13.6. The zero-order chi connectivity index (χ0) is 13.4. The molecule has 0 aliphatic carbocycles. The molecule has 1 aromatic rings. The van der Waals surface area contributed by atoms with Gasteiger partial charge in [0.2, 0.25) is 0 Å². The van der Waals surface area contributed by atoms with Crippen LogP contribution in [0.1, 0.15) is 6.42 Å². The van der Waals surface area contributed by atoms with E-state index in [1.165, 1.54) is 12.1 Å². The van der Waals surface area contributed by atoms with E-state index < -0.39 is 5.82 Å². The topological polar surface area (TPSA) is 44.4 Å². The first-order chi connectivity index (χ1) is 9.15. The molecule has 0 radical (unpaired) electrons. The molecule has 0 unspecified atom stereocenters. The van der Waals surface area contributed by atoms with Crippen LogP contribution in [-0.2, 0) is 0 Å². The Morgan fingerprint density at radius 2 is 2.14 bits per heavy atom. The molecule has 1 aromatic carbocycles. The highest BCUT2D eigenvalue weighted by Crippen LogP contribution is 2.28. The second kappa shape index (κ2) is 7.49. The fraction of sp³-hybridized carbons (Fsp3) is 0.462. The van der Waals surface area contributed by atoms with Crippen molar-refractivity contribution in [2.75, 3.05) is 25.0 Å². The molecule has 4 nitrogen and oxygen atoms in total. The van der Waals surface area contributed by atoms with Crippen LogP contribution in [0.25, 0.3) is 0 Å². The Balaban J connectivity index is 0.00000110. The van der Waals surface area contributed by atoms with E-state index in [0.717, 1.165) is 26.1 Å². The molecule has 0 spiro atoms. The van der Waals surface area contributed by atoms with Gasteiger partial charge >= 0.3 is 6.03 Å². The maximum Gasteiger partial charge on any atom is 0.322 e. The van der Waals surface area contributed by atoms with Gasteiger partial charge in [0.25, 0.3) is 0 Å². The number of hydrogen-bond donors (Lipinski definition) is 2. The van der Waals surface area contributed by atoms with Crippen LogP contribution in [0.3, 0.4) is 0 Å². The van der Waals surface area contributed by atoms with Crippen molar-refractivity contribution in [2.24, 2.45) is 5.92 Å². The van der Waals surface area contributed by atoms with E-state index in [4.69, 9.17) is 11.6 Å². The lowest BCUT2D eigenvalue weighted by atomic mass is 10.1. The van der Waals surface area contributed by atoms with Gasteiger partial charge in [-0.15, -0.1) is 24.8 Å². The van der Waals surface area contributed by atoms with Gasteiger partial charge in [-0.3, -0.25) is 0 Å².